The highest BCUT2D eigenvalue weighted by Crippen LogP contribution is 2.32. The van der Waals surface area contributed by atoms with Gasteiger partial charge in [0.05, 0.1) is 15.6 Å². The molecule has 4 rings (SSSR count). The van der Waals surface area contributed by atoms with Crippen LogP contribution < -0.4 is 0 Å². The number of rotatable bonds is 4. The first-order chi connectivity index (χ1) is 12.2. The van der Waals surface area contributed by atoms with E-state index in [0.29, 0.717) is 0 Å². The van der Waals surface area contributed by atoms with Gasteiger partial charge in [0, 0.05) is 18.5 Å². The lowest BCUT2D eigenvalue weighted by Crippen LogP contribution is -2.34. The third kappa shape index (κ3) is 3.41. The first kappa shape index (κ1) is 16.5. The summed E-state index contributed by atoms with van der Waals surface area (Å²) in [7, 11) is 0. The second-order valence-corrected chi connectivity index (χ2v) is 8.42. The van der Waals surface area contributed by atoms with E-state index in [0.717, 1.165) is 52.6 Å². The van der Waals surface area contributed by atoms with Crippen LogP contribution >= 0.6 is 23.1 Å². The standard InChI is InChI=1S/C19H19N3OS2/c1-13(19(23)22-10-4-5-11-22)25-18-14-7-2-3-8-15(14)20-17(21-18)16-9-6-12-24-16/h2-3,6-9,12-13H,4-5,10-11H2,1H3/t13-/m0/s1. The van der Waals surface area contributed by atoms with E-state index in [9.17, 15) is 4.79 Å². The molecule has 0 spiro atoms. The van der Waals surface area contributed by atoms with E-state index >= 15 is 0 Å². The van der Waals surface area contributed by atoms with E-state index in [1.54, 1.807) is 23.1 Å². The molecule has 25 heavy (non-hydrogen) atoms. The van der Waals surface area contributed by atoms with Crippen molar-refractivity contribution in [3.8, 4) is 10.7 Å². The molecule has 0 unspecified atom stereocenters. The molecular formula is C19H19N3OS2. The molecule has 4 nitrogen and oxygen atoms in total. The molecule has 0 radical (unpaired) electrons. The zero-order valence-corrected chi connectivity index (χ0v) is 15.6. The van der Waals surface area contributed by atoms with Crippen LogP contribution in [-0.4, -0.2) is 39.1 Å². The molecule has 128 valence electrons. The maximum Gasteiger partial charge on any atom is 0.235 e. The van der Waals surface area contributed by atoms with Crippen molar-refractivity contribution in [3.05, 3.63) is 41.8 Å². The van der Waals surface area contributed by atoms with Crippen molar-refractivity contribution in [3.63, 3.8) is 0 Å². The number of aromatic nitrogens is 2. The Morgan fingerprint density at radius 1 is 1.16 bits per heavy atom. The average Bonchev–Trinajstić information content (AvgIpc) is 3.34. The smallest absolute Gasteiger partial charge is 0.235 e. The average molecular weight is 370 g/mol. The van der Waals surface area contributed by atoms with Crippen LogP contribution in [0.15, 0.2) is 46.8 Å². The summed E-state index contributed by atoms with van der Waals surface area (Å²) >= 11 is 3.17. The SMILES string of the molecule is C[C@H](Sc1nc(-c2cccs2)nc2ccccc12)C(=O)N1CCCC1. The minimum Gasteiger partial charge on any atom is -0.342 e. The molecule has 0 aliphatic carbocycles. The lowest BCUT2D eigenvalue weighted by Gasteiger charge is -2.20. The van der Waals surface area contributed by atoms with E-state index in [4.69, 9.17) is 9.97 Å². The van der Waals surface area contributed by atoms with Gasteiger partial charge in [-0.15, -0.1) is 11.3 Å². The van der Waals surface area contributed by atoms with Crippen LogP contribution in [0.3, 0.4) is 0 Å². The van der Waals surface area contributed by atoms with Crippen molar-refractivity contribution in [1.29, 1.82) is 0 Å². The minimum atomic E-state index is -0.146. The lowest BCUT2D eigenvalue weighted by molar-refractivity contribution is -0.129. The fourth-order valence-corrected chi connectivity index (χ4v) is 4.75. The van der Waals surface area contributed by atoms with Gasteiger partial charge in [-0.25, -0.2) is 9.97 Å². The van der Waals surface area contributed by atoms with Crippen molar-refractivity contribution in [2.75, 3.05) is 13.1 Å². The van der Waals surface area contributed by atoms with E-state index in [2.05, 4.69) is 0 Å². The summed E-state index contributed by atoms with van der Waals surface area (Å²) in [5.41, 5.74) is 0.921. The summed E-state index contributed by atoms with van der Waals surface area (Å²) in [6.45, 7) is 3.75. The quantitative estimate of drug-likeness (QED) is 0.503. The number of fused-ring (bicyclic) bond motifs is 1. The summed E-state index contributed by atoms with van der Waals surface area (Å²) in [6, 6.07) is 12.1. The number of hydrogen-bond donors (Lipinski definition) is 0. The molecule has 1 amide bonds. The summed E-state index contributed by atoms with van der Waals surface area (Å²) in [5.74, 6) is 0.944. The van der Waals surface area contributed by atoms with E-state index in [1.807, 2.05) is 53.6 Å². The number of thiophene rings is 1. The molecule has 1 atom stereocenters. The number of benzene rings is 1. The lowest BCUT2D eigenvalue weighted by atomic mass is 10.2. The first-order valence-electron chi connectivity index (χ1n) is 8.48. The van der Waals surface area contributed by atoms with Crippen molar-refractivity contribution < 1.29 is 4.79 Å². The van der Waals surface area contributed by atoms with E-state index < -0.39 is 0 Å². The molecule has 1 aliphatic heterocycles. The number of hydrogen-bond acceptors (Lipinski definition) is 5. The zero-order valence-electron chi connectivity index (χ0n) is 14.0. The topological polar surface area (TPSA) is 46.1 Å². The molecule has 3 heterocycles. The summed E-state index contributed by atoms with van der Waals surface area (Å²) in [6.07, 6.45) is 2.23. The molecule has 1 aliphatic rings. The summed E-state index contributed by atoms with van der Waals surface area (Å²) in [4.78, 5) is 25.2. The van der Waals surface area contributed by atoms with Gasteiger partial charge in [0.25, 0.3) is 0 Å². The molecule has 0 bridgehead atoms. The zero-order chi connectivity index (χ0) is 17.2. The van der Waals surface area contributed by atoms with E-state index in [-0.39, 0.29) is 11.2 Å². The minimum absolute atomic E-state index is 0.146. The van der Waals surface area contributed by atoms with Gasteiger partial charge in [0.15, 0.2) is 5.82 Å². The molecule has 3 aromatic rings. The van der Waals surface area contributed by atoms with Gasteiger partial charge in [-0.2, -0.15) is 0 Å². The highest BCUT2D eigenvalue weighted by atomic mass is 32.2. The normalized spacial score (nSPS) is 15.6. The van der Waals surface area contributed by atoms with Crippen LogP contribution in [0.5, 0.6) is 0 Å². The molecule has 0 N–H and O–H groups in total. The Morgan fingerprint density at radius 2 is 1.96 bits per heavy atom. The predicted molar refractivity (Wildman–Crippen MR) is 104 cm³/mol. The second-order valence-electron chi connectivity index (χ2n) is 6.14. The van der Waals surface area contributed by atoms with Crippen molar-refractivity contribution in [2.24, 2.45) is 0 Å². The van der Waals surface area contributed by atoms with Crippen LogP contribution in [0.2, 0.25) is 0 Å². The third-order valence-electron chi connectivity index (χ3n) is 4.36. The van der Waals surface area contributed by atoms with Crippen LogP contribution in [-0.2, 0) is 4.79 Å². The fraction of sp³-hybridized carbons (Fsp3) is 0.316. The van der Waals surface area contributed by atoms with Crippen LogP contribution in [0.25, 0.3) is 21.6 Å². The van der Waals surface area contributed by atoms with Crippen molar-refractivity contribution in [2.45, 2.75) is 30.0 Å². The molecule has 1 fully saturated rings. The van der Waals surface area contributed by atoms with Gasteiger partial charge in [-0.1, -0.05) is 36.0 Å². The Balaban J connectivity index is 1.68. The molecular weight excluding hydrogens is 350 g/mol. The number of para-hydroxylation sites is 1. The van der Waals surface area contributed by atoms with Gasteiger partial charge in [0.2, 0.25) is 5.91 Å². The summed E-state index contributed by atoms with van der Waals surface area (Å²) in [5, 5.41) is 3.77. The maximum absolute atomic E-state index is 12.7. The van der Waals surface area contributed by atoms with Crippen molar-refractivity contribution in [1.82, 2.24) is 14.9 Å². The second kappa shape index (κ2) is 7.14. The maximum atomic E-state index is 12.7. The Kier molecular flexibility index (Phi) is 4.72. The number of amides is 1. The van der Waals surface area contributed by atoms with Gasteiger partial charge in [0.1, 0.15) is 5.03 Å². The molecule has 6 heteroatoms. The van der Waals surface area contributed by atoms with Crippen LogP contribution in [0.4, 0.5) is 0 Å². The number of carbonyl (C=O) groups excluding carboxylic acids is 1. The van der Waals surface area contributed by atoms with Crippen LogP contribution in [0.1, 0.15) is 19.8 Å². The Labute approximate surface area is 155 Å². The Bertz CT molecular complexity index is 889. The summed E-state index contributed by atoms with van der Waals surface area (Å²) < 4.78 is 0. The van der Waals surface area contributed by atoms with Gasteiger partial charge >= 0.3 is 0 Å². The highest BCUT2D eigenvalue weighted by Gasteiger charge is 2.25. The number of carbonyl (C=O) groups is 1. The predicted octanol–water partition coefficient (Wildman–Crippen LogP) is 4.46. The molecule has 2 aromatic heterocycles. The van der Waals surface area contributed by atoms with Gasteiger partial charge in [-0.05, 0) is 37.3 Å². The number of likely N-dealkylation sites (tertiary alicyclic amines) is 1. The van der Waals surface area contributed by atoms with Gasteiger partial charge in [-0.3, -0.25) is 4.79 Å². The number of nitrogens with zero attached hydrogens (tertiary/aromatic N) is 3. The monoisotopic (exact) mass is 369 g/mol. The Morgan fingerprint density at radius 3 is 2.72 bits per heavy atom. The fourth-order valence-electron chi connectivity index (χ4n) is 3.07. The molecule has 0 saturated carbocycles. The van der Waals surface area contributed by atoms with E-state index in [1.165, 1.54) is 0 Å². The van der Waals surface area contributed by atoms with Crippen LogP contribution in [0, 0.1) is 0 Å². The highest BCUT2D eigenvalue weighted by molar-refractivity contribution is 8.00. The Hall–Kier alpha value is -1.92. The molecule has 1 aromatic carbocycles. The van der Waals surface area contributed by atoms with Gasteiger partial charge < -0.3 is 4.90 Å². The largest absolute Gasteiger partial charge is 0.342 e. The first-order valence-corrected chi connectivity index (χ1v) is 10.2. The third-order valence-corrected chi connectivity index (χ3v) is 6.32. The number of thioether (sulfide) groups is 1. The molecule has 1 saturated heterocycles. The van der Waals surface area contributed by atoms with Crippen molar-refractivity contribution >= 4 is 39.9 Å².